The molecular formula is C12H8N6. The summed E-state index contributed by atoms with van der Waals surface area (Å²) in [7, 11) is 0. The lowest BCUT2D eigenvalue weighted by atomic mass is 10.0. The third kappa shape index (κ3) is 1.91. The zero-order chi connectivity index (χ0) is 12.2. The standard InChI is InChI=1S/C12H8N6/c1-4-13-16-7-9(1)11-3-6-15-18-12(11)10-2-5-14-17-8-10/h1-8H. The summed E-state index contributed by atoms with van der Waals surface area (Å²) in [4.78, 5) is 0. The Hall–Kier alpha value is -2.76. The molecule has 0 atom stereocenters. The van der Waals surface area contributed by atoms with Crippen LogP contribution in [0.4, 0.5) is 0 Å². The van der Waals surface area contributed by atoms with E-state index in [1.165, 1.54) is 0 Å². The normalized spacial score (nSPS) is 10.2. The molecule has 6 nitrogen and oxygen atoms in total. The Kier molecular flexibility index (Phi) is 2.67. The van der Waals surface area contributed by atoms with E-state index in [1.807, 2.05) is 18.2 Å². The third-order valence-electron chi connectivity index (χ3n) is 2.47. The Balaban J connectivity index is 2.18. The van der Waals surface area contributed by atoms with Crippen LogP contribution in [-0.2, 0) is 0 Å². The van der Waals surface area contributed by atoms with Crippen molar-refractivity contribution in [1.29, 1.82) is 0 Å². The summed E-state index contributed by atoms with van der Waals surface area (Å²) in [5, 5.41) is 23.3. The fraction of sp³-hybridized carbons (Fsp3) is 0. The summed E-state index contributed by atoms with van der Waals surface area (Å²) in [5.74, 6) is 0. The zero-order valence-corrected chi connectivity index (χ0v) is 9.30. The summed E-state index contributed by atoms with van der Waals surface area (Å²) in [6, 6.07) is 5.61. The van der Waals surface area contributed by atoms with E-state index in [0.717, 1.165) is 22.4 Å². The van der Waals surface area contributed by atoms with Gasteiger partial charge in [-0.1, -0.05) is 0 Å². The van der Waals surface area contributed by atoms with E-state index in [2.05, 4.69) is 30.6 Å². The molecule has 0 radical (unpaired) electrons. The first-order valence-electron chi connectivity index (χ1n) is 5.31. The average Bonchev–Trinajstić information content (AvgIpc) is 2.49. The van der Waals surface area contributed by atoms with Crippen LogP contribution in [0.1, 0.15) is 0 Å². The monoisotopic (exact) mass is 236 g/mol. The van der Waals surface area contributed by atoms with Gasteiger partial charge in [0.1, 0.15) is 5.69 Å². The van der Waals surface area contributed by atoms with Crippen LogP contribution in [0.3, 0.4) is 0 Å². The molecular weight excluding hydrogens is 228 g/mol. The Morgan fingerprint density at radius 3 is 1.94 bits per heavy atom. The molecule has 0 unspecified atom stereocenters. The lowest BCUT2D eigenvalue weighted by Crippen LogP contribution is -1.93. The second-order valence-corrected chi connectivity index (χ2v) is 3.56. The molecule has 3 aromatic rings. The molecule has 0 spiro atoms. The van der Waals surface area contributed by atoms with Crippen LogP contribution in [0.25, 0.3) is 22.4 Å². The molecule has 3 aromatic heterocycles. The van der Waals surface area contributed by atoms with Gasteiger partial charge >= 0.3 is 0 Å². The van der Waals surface area contributed by atoms with Crippen molar-refractivity contribution in [3.05, 3.63) is 49.2 Å². The molecule has 6 heteroatoms. The van der Waals surface area contributed by atoms with Gasteiger partial charge in [-0.05, 0) is 18.2 Å². The van der Waals surface area contributed by atoms with Gasteiger partial charge in [0.15, 0.2) is 0 Å². The summed E-state index contributed by atoms with van der Waals surface area (Å²) < 4.78 is 0. The molecule has 0 aliphatic carbocycles. The summed E-state index contributed by atoms with van der Waals surface area (Å²) >= 11 is 0. The maximum atomic E-state index is 4.16. The van der Waals surface area contributed by atoms with Crippen molar-refractivity contribution in [1.82, 2.24) is 30.6 Å². The van der Waals surface area contributed by atoms with Crippen LogP contribution in [0.15, 0.2) is 49.2 Å². The van der Waals surface area contributed by atoms with Crippen LogP contribution < -0.4 is 0 Å². The summed E-state index contributed by atoms with van der Waals surface area (Å²) in [6.07, 6.45) is 8.26. The fourth-order valence-electron chi connectivity index (χ4n) is 1.66. The highest BCUT2D eigenvalue weighted by Crippen LogP contribution is 2.27. The summed E-state index contributed by atoms with van der Waals surface area (Å²) in [6.45, 7) is 0. The molecule has 0 aliphatic rings. The molecule has 18 heavy (non-hydrogen) atoms. The van der Waals surface area contributed by atoms with Gasteiger partial charge in [-0.15, -0.1) is 5.10 Å². The largest absolute Gasteiger partial charge is 0.159 e. The van der Waals surface area contributed by atoms with Crippen molar-refractivity contribution in [3.8, 4) is 22.4 Å². The van der Waals surface area contributed by atoms with Gasteiger partial charge in [-0.2, -0.15) is 25.5 Å². The second kappa shape index (κ2) is 4.62. The first-order valence-corrected chi connectivity index (χ1v) is 5.31. The zero-order valence-electron chi connectivity index (χ0n) is 9.30. The van der Waals surface area contributed by atoms with E-state index in [0.29, 0.717) is 0 Å². The third-order valence-corrected chi connectivity index (χ3v) is 2.47. The lowest BCUT2D eigenvalue weighted by Gasteiger charge is -2.06. The van der Waals surface area contributed by atoms with Gasteiger partial charge in [0.2, 0.25) is 0 Å². The van der Waals surface area contributed by atoms with Gasteiger partial charge in [0.05, 0.1) is 31.0 Å². The van der Waals surface area contributed by atoms with E-state index < -0.39 is 0 Å². The smallest absolute Gasteiger partial charge is 0.102 e. The lowest BCUT2D eigenvalue weighted by molar-refractivity contribution is 1.00. The molecule has 0 aliphatic heterocycles. The van der Waals surface area contributed by atoms with Gasteiger partial charge in [-0.25, -0.2) is 0 Å². The summed E-state index contributed by atoms with van der Waals surface area (Å²) in [5.41, 5.74) is 3.49. The number of hydrogen-bond acceptors (Lipinski definition) is 6. The molecule has 3 heterocycles. The van der Waals surface area contributed by atoms with E-state index >= 15 is 0 Å². The average molecular weight is 236 g/mol. The number of aromatic nitrogens is 6. The quantitative estimate of drug-likeness (QED) is 0.669. The topological polar surface area (TPSA) is 77.3 Å². The molecule has 0 aromatic carbocycles. The Labute approximate surface area is 103 Å². The Morgan fingerprint density at radius 2 is 1.28 bits per heavy atom. The van der Waals surface area contributed by atoms with Crippen molar-refractivity contribution in [2.45, 2.75) is 0 Å². The van der Waals surface area contributed by atoms with Gasteiger partial charge < -0.3 is 0 Å². The predicted molar refractivity (Wildman–Crippen MR) is 64.1 cm³/mol. The van der Waals surface area contributed by atoms with Crippen molar-refractivity contribution in [2.75, 3.05) is 0 Å². The first kappa shape index (κ1) is 10.4. The molecule has 3 rings (SSSR count). The van der Waals surface area contributed by atoms with Crippen LogP contribution in [0.5, 0.6) is 0 Å². The maximum absolute atomic E-state index is 4.16. The number of nitrogens with zero attached hydrogens (tertiary/aromatic N) is 6. The highest BCUT2D eigenvalue weighted by Gasteiger charge is 2.09. The van der Waals surface area contributed by atoms with E-state index in [4.69, 9.17) is 0 Å². The molecule has 0 bridgehead atoms. The van der Waals surface area contributed by atoms with Gasteiger partial charge in [0, 0.05) is 16.7 Å². The highest BCUT2D eigenvalue weighted by atomic mass is 15.1. The Bertz CT molecular complexity index is 582. The van der Waals surface area contributed by atoms with Gasteiger partial charge in [0.25, 0.3) is 0 Å². The first-order chi connectivity index (χ1) is 8.95. The van der Waals surface area contributed by atoms with Crippen LogP contribution >= 0.6 is 0 Å². The van der Waals surface area contributed by atoms with E-state index in [1.54, 1.807) is 31.0 Å². The minimum atomic E-state index is 0.750. The maximum Gasteiger partial charge on any atom is 0.102 e. The minimum absolute atomic E-state index is 0.750. The molecule has 0 amide bonds. The van der Waals surface area contributed by atoms with Crippen molar-refractivity contribution in [3.63, 3.8) is 0 Å². The Morgan fingerprint density at radius 1 is 0.611 bits per heavy atom. The van der Waals surface area contributed by atoms with Crippen LogP contribution in [0, 0.1) is 0 Å². The molecule has 86 valence electrons. The van der Waals surface area contributed by atoms with Crippen molar-refractivity contribution in [2.24, 2.45) is 0 Å². The second-order valence-electron chi connectivity index (χ2n) is 3.56. The minimum Gasteiger partial charge on any atom is -0.159 e. The number of rotatable bonds is 2. The van der Waals surface area contributed by atoms with Crippen molar-refractivity contribution >= 4 is 0 Å². The van der Waals surface area contributed by atoms with Crippen molar-refractivity contribution < 1.29 is 0 Å². The molecule has 0 saturated heterocycles. The number of hydrogen-bond donors (Lipinski definition) is 0. The molecule has 0 N–H and O–H groups in total. The highest BCUT2D eigenvalue weighted by molar-refractivity contribution is 5.79. The fourth-order valence-corrected chi connectivity index (χ4v) is 1.66. The SMILES string of the molecule is c1cc(-c2ccnnc2-c2ccnnc2)cnn1. The molecule has 0 fully saturated rings. The van der Waals surface area contributed by atoms with Crippen LogP contribution in [-0.4, -0.2) is 30.6 Å². The predicted octanol–water partition coefficient (Wildman–Crippen LogP) is 1.39. The van der Waals surface area contributed by atoms with E-state index in [9.17, 15) is 0 Å². The van der Waals surface area contributed by atoms with Crippen LogP contribution in [0.2, 0.25) is 0 Å². The van der Waals surface area contributed by atoms with Gasteiger partial charge in [-0.3, -0.25) is 0 Å². The molecule has 0 saturated carbocycles. The van der Waals surface area contributed by atoms with E-state index in [-0.39, 0.29) is 0 Å².